The van der Waals surface area contributed by atoms with Crippen LogP contribution in [-0.4, -0.2) is 56.9 Å². The zero-order chi connectivity index (χ0) is 24.9. The summed E-state index contributed by atoms with van der Waals surface area (Å²) in [6.45, 7) is 0.179. The van der Waals surface area contributed by atoms with Gasteiger partial charge in [0.2, 0.25) is 15.9 Å². The Balaban J connectivity index is 2.30. The average molecular weight is 488 g/mol. The Bertz CT molecular complexity index is 1080. The van der Waals surface area contributed by atoms with E-state index < -0.39 is 46.3 Å². The molecule has 0 saturated carbocycles. The molecule has 0 spiro atoms. The highest BCUT2D eigenvalue weighted by Crippen LogP contribution is 2.31. The average Bonchev–Trinajstić information content (AvgIpc) is 2.76. The number of halogens is 3. The van der Waals surface area contributed by atoms with E-state index in [1.165, 1.54) is 12.1 Å². The molecule has 0 unspecified atom stereocenters. The smallest absolute Gasteiger partial charge is 0.429 e. The summed E-state index contributed by atoms with van der Waals surface area (Å²) in [4.78, 5) is 24.1. The number of carbonyl (C=O) groups is 2. The number of alkyl halides is 3. The highest BCUT2D eigenvalue weighted by Gasteiger charge is 2.61. The van der Waals surface area contributed by atoms with Crippen molar-refractivity contribution in [2.45, 2.75) is 36.1 Å². The second-order valence-corrected chi connectivity index (χ2v) is 8.96. The van der Waals surface area contributed by atoms with Crippen LogP contribution in [0.15, 0.2) is 59.5 Å². The fraction of sp³-hybridized carbons (Fsp3) is 0.333. The molecule has 0 aromatic heterocycles. The van der Waals surface area contributed by atoms with Crippen molar-refractivity contribution in [1.82, 2.24) is 10.0 Å². The van der Waals surface area contributed by atoms with Crippen molar-refractivity contribution < 1.29 is 41.0 Å². The number of aliphatic hydroxyl groups is 1. The van der Waals surface area contributed by atoms with Crippen LogP contribution < -0.4 is 10.0 Å². The Labute approximate surface area is 188 Å². The number of ether oxygens (including phenoxy) is 1. The molecule has 2 atom stereocenters. The van der Waals surface area contributed by atoms with Gasteiger partial charge in [-0.2, -0.15) is 17.9 Å². The number of aryl methyl sites for hydroxylation is 1. The maximum absolute atomic E-state index is 13.3. The van der Waals surface area contributed by atoms with Crippen molar-refractivity contribution in [3.63, 3.8) is 0 Å². The van der Waals surface area contributed by atoms with Crippen molar-refractivity contribution in [2.24, 2.45) is 0 Å². The molecule has 0 fully saturated rings. The second kappa shape index (κ2) is 10.3. The van der Waals surface area contributed by atoms with Gasteiger partial charge in [-0.1, -0.05) is 48.0 Å². The molecule has 2 aromatic rings. The first-order chi connectivity index (χ1) is 15.3. The van der Waals surface area contributed by atoms with E-state index in [1.54, 1.807) is 49.4 Å². The molecule has 0 aliphatic carbocycles. The van der Waals surface area contributed by atoms with E-state index in [1.807, 2.05) is 5.32 Å². The van der Waals surface area contributed by atoms with Crippen LogP contribution in [0.5, 0.6) is 0 Å². The van der Waals surface area contributed by atoms with E-state index in [9.17, 15) is 36.3 Å². The van der Waals surface area contributed by atoms with Crippen molar-refractivity contribution >= 4 is 21.9 Å². The maximum atomic E-state index is 13.3. The summed E-state index contributed by atoms with van der Waals surface area (Å²) in [5.41, 5.74) is -2.70. The zero-order valence-corrected chi connectivity index (χ0v) is 18.5. The monoisotopic (exact) mass is 488 g/mol. The number of benzene rings is 2. The van der Waals surface area contributed by atoms with E-state index in [-0.39, 0.29) is 11.3 Å². The van der Waals surface area contributed by atoms with Crippen LogP contribution in [-0.2, 0) is 30.8 Å². The minimum absolute atomic E-state index is 0.152. The standard InChI is InChI=1S/C21H23F3N2O6S/c1-14-8-10-16(11-9-14)33(30,31)26-17(12-15-6-4-3-5-7-15)18(27)25-13-20(29,19(28)32-2)21(22,23)24/h3-11,17,26,29H,12-13H2,1-2H3,(H,25,27)/t17-,20-/m0/s1. The number of hydrogen-bond acceptors (Lipinski definition) is 6. The van der Waals surface area contributed by atoms with Crippen LogP contribution in [0.25, 0.3) is 0 Å². The Hall–Kier alpha value is -2.96. The van der Waals surface area contributed by atoms with Gasteiger partial charge in [0.1, 0.15) is 6.04 Å². The summed E-state index contributed by atoms with van der Waals surface area (Å²) in [5.74, 6) is -3.20. The molecule has 33 heavy (non-hydrogen) atoms. The quantitative estimate of drug-likeness (QED) is 0.460. The van der Waals surface area contributed by atoms with Crippen molar-refractivity contribution in [1.29, 1.82) is 0 Å². The van der Waals surface area contributed by atoms with Gasteiger partial charge in [0.25, 0.3) is 5.60 Å². The van der Waals surface area contributed by atoms with Gasteiger partial charge in [-0.3, -0.25) is 4.79 Å². The molecule has 0 saturated heterocycles. The summed E-state index contributed by atoms with van der Waals surface area (Å²) in [6, 6.07) is 12.3. The summed E-state index contributed by atoms with van der Waals surface area (Å²) >= 11 is 0. The Morgan fingerprint density at radius 3 is 2.15 bits per heavy atom. The lowest BCUT2D eigenvalue weighted by Gasteiger charge is -2.28. The number of amides is 1. The lowest BCUT2D eigenvalue weighted by atomic mass is 10.0. The van der Waals surface area contributed by atoms with Crippen LogP contribution in [0.3, 0.4) is 0 Å². The normalized spacial score (nSPS) is 14.7. The van der Waals surface area contributed by atoms with Gasteiger partial charge in [0.05, 0.1) is 18.6 Å². The van der Waals surface area contributed by atoms with E-state index in [4.69, 9.17) is 0 Å². The van der Waals surface area contributed by atoms with E-state index in [2.05, 4.69) is 9.46 Å². The fourth-order valence-electron chi connectivity index (χ4n) is 2.81. The van der Waals surface area contributed by atoms with Gasteiger partial charge in [-0.15, -0.1) is 0 Å². The molecule has 0 aliphatic rings. The molecule has 2 rings (SSSR count). The Morgan fingerprint density at radius 1 is 1.06 bits per heavy atom. The first-order valence-corrected chi connectivity index (χ1v) is 11.1. The highest BCUT2D eigenvalue weighted by molar-refractivity contribution is 7.89. The number of methoxy groups -OCH3 is 1. The number of rotatable bonds is 9. The van der Waals surface area contributed by atoms with Crippen LogP contribution in [0, 0.1) is 6.92 Å². The molecule has 0 aliphatic heterocycles. The predicted molar refractivity (Wildman–Crippen MR) is 111 cm³/mol. The van der Waals surface area contributed by atoms with E-state index in [0.717, 1.165) is 5.56 Å². The second-order valence-electron chi connectivity index (χ2n) is 7.24. The summed E-state index contributed by atoms with van der Waals surface area (Å²) in [5, 5.41) is 11.6. The molecule has 0 heterocycles. The molecule has 2 aromatic carbocycles. The molecule has 180 valence electrons. The van der Waals surface area contributed by atoms with Crippen LogP contribution in [0.2, 0.25) is 0 Å². The van der Waals surface area contributed by atoms with Gasteiger partial charge in [-0.05, 0) is 31.0 Å². The molecule has 8 nitrogen and oxygen atoms in total. The van der Waals surface area contributed by atoms with Gasteiger partial charge in [-0.25, -0.2) is 13.2 Å². The molecular formula is C21H23F3N2O6S. The molecule has 1 amide bonds. The largest absolute Gasteiger partial charge is 0.467 e. The molecular weight excluding hydrogens is 465 g/mol. The lowest BCUT2D eigenvalue weighted by Crippen LogP contribution is -2.61. The molecule has 0 bridgehead atoms. The Kier molecular flexibility index (Phi) is 8.22. The van der Waals surface area contributed by atoms with E-state index >= 15 is 0 Å². The number of carbonyl (C=O) groups excluding carboxylic acids is 2. The fourth-order valence-corrected chi connectivity index (χ4v) is 4.00. The summed E-state index contributed by atoms with van der Waals surface area (Å²) in [6.07, 6.45) is -5.66. The SMILES string of the molecule is COC(=O)[C@@](O)(CNC(=O)[C@H](Cc1ccccc1)NS(=O)(=O)c1ccc(C)cc1)C(F)(F)F. The first kappa shape index (κ1) is 26.3. The molecule has 12 heteroatoms. The van der Waals surface area contributed by atoms with Gasteiger partial charge in [0, 0.05) is 0 Å². The third-order valence-corrected chi connectivity index (χ3v) is 6.23. The minimum atomic E-state index is -5.45. The number of esters is 1. The van der Waals surface area contributed by atoms with Gasteiger partial charge >= 0.3 is 12.1 Å². The van der Waals surface area contributed by atoms with Crippen molar-refractivity contribution in [3.8, 4) is 0 Å². The maximum Gasteiger partial charge on any atom is 0.429 e. The topological polar surface area (TPSA) is 122 Å². The minimum Gasteiger partial charge on any atom is -0.467 e. The van der Waals surface area contributed by atoms with Gasteiger partial charge < -0.3 is 15.2 Å². The van der Waals surface area contributed by atoms with Crippen molar-refractivity contribution in [3.05, 3.63) is 65.7 Å². The van der Waals surface area contributed by atoms with Crippen LogP contribution in [0.4, 0.5) is 13.2 Å². The number of sulfonamides is 1. The van der Waals surface area contributed by atoms with Gasteiger partial charge in [0.15, 0.2) is 0 Å². The number of nitrogens with one attached hydrogen (secondary N) is 2. The lowest BCUT2D eigenvalue weighted by molar-refractivity contribution is -0.259. The highest BCUT2D eigenvalue weighted by atomic mass is 32.2. The Morgan fingerprint density at radius 2 is 1.64 bits per heavy atom. The molecule has 0 radical (unpaired) electrons. The predicted octanol–water partition coefficient (Wildman–Crippen LogP) is 1.47. The summed E-state index contributed by atoms with van der Waals surface area (Å²) < 4.78 is 71.5. The van der Waals surface area contributed by atoms with Crippen LogP contribution >= 0.6 is 0 Å². The van der Waals surface area contributed by atoms with Crippen LogP contribution in [0.1, 0.15) is 11.1 Å². The number of hydrogen-bond donors (Lipinski definition) is 3. The van der Waals surface area contributed by atoms with E-state index in [0.29, 0.717) is 12.7 Å². The third-order valence-electron chi connectivity index (χ3n) is 4.74. The molecule has 3 N–H and O–H groups in total. The third kappa shape index (κ3) is 6.53. The summed E-state index contributed by atoms with van der Waals surface area (Å²) in [7, 11) is -3.58. The zero-order valence-electron chi connectivity index (χ0n) is 17.7. The first-order valence-electron chi connectivity index (χ1n) is 9.58. The van der Waals surface area contributed by atoms with Crippen molar-refractivity contribution in [2.75, 3.05) is 13.7 Å².